The SMILES string of the molecule is C[C@@H]1C[C@@H]2C(=C3CC(c4ccc(-c5cccnc5)cc4)C(=O)C=C31)CC[C@@]1(C)[C@H]2C[C@@H](C)[C@@H]1C(=O)C1CC1. The van der Waals surface area contributed by atoms with E-state index in [2.05, 4.69) is 56.1 Å². The van der Waals surface area contributed by atoms with Crippen LogP contribution in [0.5, 0.6) is 0 Å². The van der Waals surface area contributed by atoms with Crippen molar-refractivity contribution < 1.29 is 9.59 Å². The quantitative estimate of drug-likeness (QED) is 0.427. The van der Waals surface area contributed by atoms with Crippen LogP contribution in [-0.4, -0.2) is 16.6 Å². The zero-order chi connectivity index (χ0) is 26.2. The molecule has 0 N–H and O–H groups in total. The number of benzene rings is 1. The average molecular weight is 506 g/mol. The highest BCUT2D eigenvalue weighted by molar-refractivity contribution is 5.98. The molecular weight excluding hydrogens is 466 g/mol. The van der Waals surface area contributed by atoms with Gasteiger partial charge in [0.25, 0.3) is 0 Å². The summed E-state index contributed by atoms with van der Waals surface area (Å²) in [5.74, 6) is 3.41. The third-order valence-electron chi connectivity index (χ3n) is 11.1. The fraction of sp³-hybridized carbons (Fsp3) is 0.514. The first-order valence-electron chi connectivity index (χ1n) is 14.9. The number of Topliss-reactive ketones (excluding diaryl/α,β-unsaturated/α-hetero) is 1. The van der Waals surface area contributed by atoms with Gasteiger partial charge >= 0.3 is 0 Å². The summed E-state index contributed by atoms with van der Waals surface area (Å²) in [4.78, 5) is 31.1. The number of carbonyl (C=O) groups is 2. The van der Waals surface area contributed by atoms with Gasteiger partial charge in [-0.3, -0.25) is 14.6 Å². The summed E-state index contributed by atoms with van der Waals surface area (Å²) in [6.45, 7) is 7.14. The molecule has 1 heterocycles. The molecular formula is C35H39NO2. The topological polar surface area (TPSA) is 47.0 Å². The highest BCUT2D eigenvalue weighted by Crippen LogP contribution is 2.65. The fourth-order valence-electron chi connectivity index (χ4n) is 9.14. The third-order valence-corrected chi connectivity index (χ3v) is 11.1. The number of rotatable bonds is 4. The monoisotopic (exact) mass is 505 g/mol. The molecule has 3 fully saturated rings. The van der Waals surface area contributed by atoms with Gasteiger partial charge in [-0.15, -0.1) is 0 Å². The van der Waals surface area contributed by atoms with Gasteiger partial charge in [0.05, 0.1) is 5.92 Å². The van der Waals surface area contributed by atoms with Crippen LogP contribution >= 0.6 is 0 Å². The van der Waals surface area contributed by atoms with E-state index >= 15 is 0 Å². The van der Waals surface area contributed by atoms with Crippen LogP contribution in [0.1, 0.15) is 77.2 Å². The lowest BCUT2D eigenvalue weighted by Crippen LogP contribution is -2.44. The Labute approximate surface area is 226 Å². The van der Waals surface area contributed by atoms with Crippen LogP contribution in [0, 0.1) is 40.9 Å². The molecule has 2 aromatic rings. The predicted molar refractivity (Wildman–Crippen MR) is 150 cm³/mol. The Morgan fingerprint density at radius 1 is 1.03 bits per heavy atom. The molecule has 1 aromatic carbocycles. The average Bonchev–Trinajstić information content (AvgIpc) is 3.73. The van der Waals surface area contributed by atoms with Crippen molar-refractivity contribution in [1.82, 2.24) is 4.98 Å². The molecule has 0 amide bonds. The first-order valence-corrected chi connectivity index (χ1v) is 14.9. The minimum absolute atomic E-state index is 0.102. The molecule has 0 bridgehead atoms. The molecule has 5 aliphatic carbocycles. The Hall–Kier alpha value is -2.81. The zero-order valence-corrected chi connectivity index (χ0v) is 23.0. The van der Waals surface area contributed by atoms with Gasteiger partial charge in [-0.25, -0.2) is 0 Å². The van der Waals surface area contributed by atoms with E-state index in [9.17, 15) is 9.59 Å². The summed E-state index contributed by atoms with van der Waals surface area (Å²) in [7, 11) is 0. The van der Waals surface area contributed by atoms with Crippen LogP contribution in [0.3, 0.4) is 0 Å². The van der Waals surface area contributed by atoms with Crippen molar-refractivity contribution in [3.63, 3.8) is 0 Å². The van der Waals surface area contributed by atoms with Crippen LogP contribution in [-0.2, 0) is 9.59 Å². The third kappa shape index (κ3) is 3.72. The van der Waals surface area contributed by atoms with E-state index in [0.29, 0.717) is 35.4 Å². The standard InChI is InChI=1S/C35H39NO2/c1-20-15-30-26(12-13-35(3)31(30)16-21(2)33(35)34(38)24-10-11-24)29-17-28(32(37)18-27(20)29)23-8-6-22(7-9-23)25-5-4-14-36-19-25/h4-9,14,18-21,24,28,30-31,33H,10-13,15-17H2,1-3H3/t20-,21-,28?,30-,31+,33-,35+/m1/s1. The maximum absolute atomic E-state index is 13.4. The molecule has 5 aliphatic rings. The smallest absolute Gasteiger partial charge is 0.163 e. The second-order valence-electron chi connectivity index (χ2n) is 13.3. The number of allylic oxidation sites excluding steroid dienone is 4. The summed E-state index contributed by atoms with van der Waals surface area (Å²) in [6.07, 6.45) is 13.3. The van der Waals surface area contributed by atoms with Crippen LogP contribution in [0.2, 0.25) is 0 Å². The molecule has 1 unspecified atom stereocenters. The van der Waals surface area contributed by atoms with Crippen molar-refractivity contribution in [2.45, 2.75) is 71.6 Å². The maximum Gasteiger partial charge on any atom is 0.163 e. The number of hydrogen-bond acceptors (Lipinski definition) is 3. The van der Waals surface area contributed by atoms with Crippen LogP contribution in [0.15, 0.2) is 71.6 Å². The molecule has 38 heavy (non-hydrogen) atoms. The molecule has 3 heteroatoms. The predicted octanol–water partition coefficient (Wildman–Crippen LogP) is 7.74. The molecule has 0 aliphatic heterocycles. The van der Waals surface area contributed by atoms with E-state index in [0.717, 1.165) is 55.2 Å². The lowest BCUT2D eigenvalue weighted by atomic mass is 9.53. The molecule has 0 saturated heterocycles. The second-order valence-corrected chi connectivity index (χ2v) is 13.3. The van der Waals surface area contributed by atoms with Gasteiger partial charge in [0.1, 0.15) is 5.78 Å². The Balaban J connectivity index is 1.21. The Kier molecular flexibility index (Phi) is 5.65. The summed E-state index contributed by atoms with van der Waals surface area (Å²) < 4.78 is 0. The van der Waals surface area contributed by atoms with Crippen LogP contribution in [0.25, 0.3) is 11.1 Å². The van der Waals surface area contributed by atoms with Gasteiger partial charge < -0.3 is 0 Å². The summed E-state index contributed by atoms with van der Waals surface area (Å²) in [6, 6.07) is 12.6. The van der Waals surface area contributed by atoms with Crippen LogP contribution in [0.4, 0.5) is 0 Å². The lowest BCUT2D eigenvalue weighted by molar-refractivity contribution is -0.130. The molecule has 3 saturated carbocycles. The summed E-state index contributed by atoms with van der Waals surface area (Å²) in [5.41, 5.74) is 7.91. The Morgan fingerprint density at radius 2 is 1.82 bits per heavy atom. The molecule has 0 spiro atoms. The molecule has 196 valence electrons. The number of hydrogen-bond donors (Lipinski definition) is 0. The number of ketones is 2. The minimum atomic E-state index is -0.102. The highest BCUT2D eigenvalue weighted by Gasteiger charge is 2.60. The van der Waals surface area contributed by atoms with Gasteiger partial charge in [0, 0.05) is 24.2 Å². The largest absolute Gasteiger partial charge is 0.299 e. The lowest BCUT2D eigenvalue weighted by Gasteiger charge is -2.50. The zero-order valence-electron chi connectivity index (χ0n) is 23.0. The summed E-state index contributed by atoms with van der Waals surface area (Å²) >= 11 is 0. The van der Waals surface area contributed by atoms with Gasteiger partial charge in [-0.1, -0.05) is 56.7 Å². The fourth-order valence-corrected chi connectivity index (χ4v) is 9.14. The number of carbonyl (C=O) groups excluding carboxylic acids is 2. The summed E-state index contributed by atoms with van der Waals surface area (Å²) in [5, 5.41) is 0. The molecule has 0 radical (unpaired) electrons. The van der Waals surface area contributed by atoms with Crippen molar-refractivity contribution >= 4 is 11.6 Å². The van der Waals surface area contributed by atoms with E-state index < -0.39 is 0 Å². The van der Waals surface area contributed by atoms with E-state index in [4.69, 9.17) is 0 Å². The van der Waals surface area contributed by atoms with Crippen molar-refractivity contribution in [1.29, 1.82) is 0 Å². The minimum Gasteiger partial charge on any atom is -0.299 e. The number of fused-ring (bicyclic) bond motifs is 4. The number of nitrogens with zero attached hydrogens (tertiary/aromatic N) is 1. The van der Waals surface area contributed by atoms with Gasteiger partial charge in [0.15, 0.2) is 5.78 Å². The number of aromatic nitrogens is 1. The Bertz CT molecular complexity index is 1350. The molecule has 7 atom stereocenters. The normalized spacial score (nSPS) is 36.3. The van der Waals surface area contributed by atoms with E-state index in [1.54, 1.807) is 11.8 Å². The first-order chi connectivity index (χ1) is 18.3. The maximum atomic E-state index is 13.4. The molecule has 1 aromatic heterocycles. The van der Waals surface area contributed by atoms with Crippen molar-refractivity contribution in [2.75, 3.05) is 0 Å². The highest BCUT2D eigenvalue weighted by atomic mass is 16.1. The van der Waals surface area contributed by atoms with Crippen molar-refractivity contribution in [2.24, 2.45) is 40.9 Å². The van der Waals surface area contributed by atoms with Crippen molar-refractivity contribution in [3.8, 4) is 11.1 Å². The van der Waals surface area contributed by atoms with Crippen LogP contribution < -0.4 is 0 Å². The second kappa shape index (κ2) is 8.86. The van der Waals surface area contributed by atoms with Gasteiger partial charge in [-0.05, 0) is 114 Å². The first kappa shape index (κ1) is 24.2. The Morgan fingerprint density at radius 3 is 2.53 bits per heavy atom. The van der Waals surface area contributed by atoms with E-state index in [1.165, 1.54) is 17.6 Å². The van der Waals surface area contributed by atoms with E-state index in [1.807, 2.05) is 18.3 Å². The molecule has 7 rings (SSSR count). The van der Waals surface area contributed by atoms with Gasteiger partial charge in [0.2, 0.25) is 0 Å². The number of pyridine rings is 1. The van der Waals surface area contributed by atoms with Crippen molar-refractivity contribution in [3.05, 3.63) is 77.2 Å². The van der Waals surface area contributed by atoms with Gasteiger partial charge in [-0.2, -0.15) is 0 Å². The molecule has 3 nitrogen and oxygen atoms in total. The van der Waals surface area contributed by atoms with E-state index in [-0.39, 0.29) is 23.0 Å².